The van der Waals surface area contributed by atoms with Gasteiger partial charge in [-0.2, -0.15) is 0 Å². The van der Waals surface area contributed by atoms with Crippen molar-refractivity contribution in [1.82, 2.24) is 10.1 Å². The summed E-state index contributed by atoms with van der Waals surface area (Å²) in [7, 11) is -3.25. The quantitative estimate of drug-likeness (QED) is 0.887. The van der Waals surface area contributed by atoms with Crippen LogP contribution in [-0.2, 0) is 9.84 Å². The molecule has 2 aromatic rings. The number of carbonyl (C=O) groups is 1. The van der Waals surface area contributed by atoms with E-state index in [0.29, 0.717) is 37.3 Å². The van der Waals surface area contributed by atoms with Gasteiger partial charge in [-0.15, -0.1) is 0 Å². The Bertz CT molecular complexity index is 849. The van der Waals surface area contributed by atoms with Crippen LogP contribution < -0.4 is 0 Å². The Morgan fingerprint density at radius 2 is 1.92 bits per heavy atom. The van der Waals surface area contributed by atoms with Crippen LogP contribution >= 0.6 is 0 Å². The van der Waals surface area contributed by atoms with Crippen molar-refractivity contribution in [3.63, 3.8) is 0 Å². The molecular weight excluding hydrogens is 344 g/mol. The summed E-state index contributed by atoms with van der Waals surface area (Å²) in [5, 5.41) is 13.3. The largest absolute Gasteiger partial charge is 0.393 e. The van der Waals surface area contributed by atoms with Gasteiger partial charge in [0, 0.05) is 24.7 Å². The van der Waals surface area contributed by atoms with Gasteiger partial charge in [-0.25, -0.2) is 8.42 Å². The summed E-state index contributed by atoms with van der Waals surface area (Å²) in [4.78, 5) is 14.3. The number of nitrogens with zero attached hydrogens (tertiary/aromatic N) is 2. The number of rotatable bonds is 4. The number of sulfone groups is 1. The summed E-state index contributed by atoms with van der Waals surface area (Å²) in [6.45, 7) is 2.58. The van der Waals surface area contributed by atoms with E-state index in [2.05, 4.69) is 5.16 Å². The molecule has 0 aliphatic carbocycles. The van der Waals surface area contributed by atoms with Crippen LogP contribution in [-0.4, -0.2) is 54.4 Å². The van der Waals surface area contributed by atoms with E-state index >= 15 is 0 Å². The van der Waals surface area contributed by atoms with Crippen molar-refractivity contribution < 1.29 is 22.8 Å². The number of hydrogen-bond acceptors (Lipinski definition) is 6. The molecule has 1 aliphatic rings. The third kappa shape index (κ3) is 3.74. The molecule has 8 heteroatoms. The molecule has 1 aromatic heterocycles. The zero-order valence-electron chi connectivity index (χ0n) is 13.9. The monoisotopic (exact) mass is 364 g/mol. The van der Waals surface area contributed by atoms with Crippen molar-refractivity contribution in [3.8, 4) is 11.3 Å². The van der Waals surface area contributed by atoms with Gasteiger partial charge in [0.15, 0.2) is 21.3 Å². The van der Waals surface area contributed by atoms with Gasteiger partial charge in [-0.05, 0) is 37.1 Å². The van der Waals surface area contributed by atoms with Crippen molar-refractivity contribution in [2.75, 3.05) is 18.8 Å². The molecule has 1 fully saturated rings. The first kappa shape index (κ1) is 17.6. The Hall–Kier alpha value is -2.19. The van der Waals surface area contributed by atoms with Crippen molar-refractivity contribution >= 4 is 15.7 Å². The molecule has 1 N–H and O–H groups in total. The fraction of sp³-hybridized carbons (Fsp3) is 0.412. The summed E-state index contributed by atoms with van der Waals surface area (Å²) in [5.74, 6) is 0.214. The lowest BCUT2D eigenvalue weighted by Gasteiger charge is -2.28. The van der Waals surface area contributed by atoms with Gasteiger partial charge >= 0.3 is 0 Å². The van der Waals surface area contributed by atoms with Crippen LogP contribution in [0, 0.1) is 0 Å². The van der Waals surface area contributed by atoms with Gasteiger partial charge in [0.25, 0.3) is 5.91 Å². The summed E-state index contributed by atoms with van der Waals surface area (Å²) < 4.78 is 28.9. The van der Waals surface area contributed by atoms with E-state index in [1.807, 2.05) is 0 Å². The number of likely N-dealkylation sites (tertiary alicyclic amines) is 1. The molecule has 0 bridgehead atoms. The highest BCUT2D eigenvalue weighted by molar-refractivity contribution is 7.91. The van der Waals surface area contributed by atoms with Crippen LogP contribution in [0.3, 0.4) is 0 Å². The van der Waals surface area contributed by atoms with E-state index in [1.54, 1.807) is 30.0 Å². The van der Waals surface area contributed by atoms with E-state index in [4.69, 9.17) is 4.52 Å². The fourth-order valence-corrected chi connectivity index (χ4v) is 3.62. The molecular formula is C17H20N2O5S. The Morgan fingerprint density at radius 3 is 2.52 bits per heavy atom. The van der Waals surface area contributed by atoms with Gasteiger partial charge < -0.3 is 14.5 Å². The van der Waals surface area contributed by atoms with Crippen molar-refractivity contribution in [1.29, 1.82) is 0 Å². The van der Waals surface area contributed by atoms with E-state index in [0.717, 1.165) is 0 Å². The second kappa shape index (κ2) is 6.97. The smallest absolute Gasteiger partial charge is 0.276 e. The average Bonchev–Trinajstić information content (AvgIpc) is 3.12. The number of amides is 1. The van der Waals surface area contributed by atoms with E-state index in [1.165, 1.54) is 12.1 Å². The minimum absolute atomic E-state index is 0.0395. The van der Waals surface area contributed by atoms with Crippen molar-refractivity contribution in [2.24, 2.45) is 0 Å². The predicted molar refractivity (Wildman–Crippen MR) is 90.8 cm³/mol. The number of aromatic nitrogens is 1. The Balaban J connectivity index is 1.76. The summed E-state index contributed by atoms with van der Waals surface area (Å²) in [5.41, 5.74) is 0.854. The third-order valence-corrected chi connectivity index (χ3v) is 6.11. The van der Waals surface area contributed by atoms with Crippen molar-refractivity contribution in [3.05, 3.63) is 36.0 Å². The van der Waals surface area contributed by atoms with Crippen LogP contribution in [0.2, 0.25) is 0 Å². The van der Waals surface area contributed by atoms with E-state index in [9.17, 15) is 18.3 Å². The van der Waals surface area contributed by atoms with Crippen LogP contribution in [0.5, 0.6) is 0 Å². The summed E-state index contributed by atoms with van der Waals surface area (Å²) in [6.07, 6.45) is 0.767. The third-order valence-electron chi connectivity index (χ3n) is 4.36. The minimum atomic E-state index is -3.25. The maximum Gasteiger partial charge on any atom is 0.276 e. The molecule has 3 rings (SSSR count). The normalized spacial score (nSPS) is 16.2. The molecule has 134 valence electrons. The Morgan fingerprint density at radius 1 is 1.28 bits per heavy atom. The molecule has 1 aliphatic heterocycles. The highest BCUT2D eigenvalue weighted by Crippen LogP contribution is 2.24. The molecule has 1 saturated heterocycles. The summed E-state index contributed by atoms with van der Waals surface area (Å²) >= 11 is 0. The molecule has 0 atom stereocenters. The van der Waals surface area contributed by atoms with E-state index < -0.39 is 9.84 Å². The lowest BCUT2D eigenvalue weighted by molar-refractivity contribution is 0.0538. The van der Waals surface area contributed by atoms with Gasteiger partial charge in [-0.3, -0.25) is 4.79 Å². The van der Waals surface area contributed by atoms with Gasteiger partial charge in [0.2, 0.25) is 0 Å². The second-order valence-corrected chi connectivity index (χ2v) is 8.31. The summed E-state index contributed by atoms with van der Waals surface area (Å²) in [6, 6.07) is 7.86. The standard InChI is InChI=1S/C17H20N2O5S/c1-2-25(22,23)14-5-3-12(4-6-14)16-11-15(18-24-16)17(21)19-9-7-13(20)8-10-19/h3-6,11,13,20H,2,7-10H2,1H3. The lowest BCUT2D eigenvalue weighted by atomic mass is 10.1. The van der Waals surface area contributed by atoms with Crippen LogP contribution in [0.25, 0.3) is 11.3 Å². The van der Waals surface area contributed by atoms with Gasteiger partial charge in [0.05, 0.1) is 16.8 Å². The molecule has 0 saturated carbocycles. The average molecular weight is 364 g/mol. The Labute approximate surface area is 146 Å². The van der Waals surface area contributed by atoms with Gasteiger partial charge in [-0.1, -0.05) is 12.1 Å². The predicted octanol–water partition coefficient (Wildman–Crippen LogP) is 1.73. The number of piperidine rings is 1. The molecule has 1 amide bonds. The molecule has 0 unspecified atom stereocenters. The lowest BCUT2D eigenvalue weighted by Crippen LogP contribution is -2.40. The first-order valence-corrected chi connectivity index (χ1v) is 9.83. The van der Waals surface area contributed by atoms with Crippen LogP contribution in [0.15, 0.2) is 39.8 Å². The molecule has 25 heavy (non-hydrogen) atoms. The van der Waals surface area contributed by atoms with Crippen LogP contribution in [0.1, 0.15) is 30.3 Å². The number of benzene rings is 1. The number of aliphatic hydroxyl groups is 1. The molecule has 0 radical (unpaired) electrons. The molecule has 0 spiro atoms. The molecule has 2 heterocycles. The maximum atomic E-state index is 12.4. The zero-order valence-corrected chi connectivity index (χ0v) is 14.7. The highest BCUT2D eigenvalue weighted by atomic mass is 32.2. The first-order chi connectivity index (χ1) is 11.9. The number of aliphatic hydroxyl groups excluding tert-OH is 1. The number of carbonyl (C=O) groups excluding carboxylic acids is 1. The zero-order chi connectivity index (χ0) is 18.0. The topological polar surface area (TPSA) is 101 Å². The number of hydrogen-bond donors (Lipinski definition) is 1. The molecule has 1 aromatic carbocycles. The second-order valence-electron chi connectivity index (χ2n) is 6.03. The molecule has 7 nitrogen and oxygen atoms in total. The van der Waals surface area contributed by atoms with Gasteiger partial charge in [0.1, 0.15) is 0 Å². The fourth-order valence-electron chi connectivity index (χ4n) is 2.74. The van der Waals surface area contributed by atoms with Crippen LogP contribution in [0.4, 0.5) is 0 Å². The minimum Gasteiger partial charge on any atom is -0.393 e. The maximum absolute atomic E-state index is 12.4. The van der Waals surface area contributed by atoms with E-state index in [-0.39, 0.29) is 28.4 Å². The first-order valence-electron chi connectivity index (χ1n) is 8.18. The van der Waals surface area contributed by atoms with Crippen molar-refractivity contribution in [2.45, 2.75) is 30.8 Å². The highest BCUT2D eigenvalue weighted by Gasteiger charge is 2.25. The Kier molecular flexibility index (Phi) is 4.91. The SMILES string of the molecule is CCS(=O)(=O)c1ccc(-c2cc(C(=O)N3CCC(O)CC3)no2)cc1.